The molecule has 2 aromatic rings. The van der Waals surface area contributed by atoms with Crippen molar-refractivity contribution in [3.8, 4) is 0 Å². The van der Waals surface area contributed by atoms with Gasteiger partial charge < -0.3 is 14.6 Å². The number of furan rings is 1. The fourth-order valence-corrected chi connectivity index (χ4v) is 3.39. The zero-order valence-corrected chi connectivity index (χ0v) is 15.5. The third-order valence-electron chi connectivity index (χ3n) is 4.87. The highest BCUT2D eigenvalue weighted by Gasteiger charge is 2.26. The molecule has 3 rings (SSSR count). The lowest BCUT2D eigenvalue weighted by Gasteiger charge is -2.28. The molecular weight excluding hydrogens is 324 g/mol. The predicted molar refractivity (Wildman–Crippen MR) is 99.9 cm³/mol. The summed E-state index contributed by atoms with van der Waals surface area (Å²) in [5.74, 6) is 0.210. The quantitative estimate of drug-likeness (QED) is 0.895. The minimum atomic E-state index is 0. The summed E-state index contributed by atoms with van der Waals surface area (Å²) in [6.45, 7) is 9.06. The van der Waals surface area contributed by atoms with Crippen LogP contribution in [-0.2, 0) is 11.2 Å². The van der Waals surface area contributed by atoms with Gasteiger partial charge in [-0.2, -0.15) is 0 Å². The Balaban J connectivity index is 0.00000208. The van der Waals surface area contributed by atoms with Crippen molar-refractivity contribution in [1.82, 2.24) is 10.2 Å². The van der Waals surface area contributed by atoms with Crippen LogP contribution in [0.1, 0.15) is 36.5 Å². The van der Waals surface area contributed by atoms with E-state index in [2.05, 4.69) is 43.1 Å². The first kappa shape index (κ1) is 18.8. The standard InChI is InChI=1S/C19H26N2O2.ClH/c1-4-7-21(16-5-6-20-11-16)19(22)10-15-12-23-18-9-14(3)13(2)8-17(15)18;/h8-9,12,16,20H,4-7,10-11H2,1-3H3;1H. The Labute approximate surface area is 150 Å². The number of hydrogen-bond acceptors (Lipinski definition) is 3. The molecule has 4 nitrogen and oxygen atoms in total. The molecular formula is C19H27ClN2O2. The van der Waals surface area contributed by atoms with Gasteiger partial charge in [-0.3, -0.25) is 4.79 Å². The van der Waals surface area contributed by atoms with Gasteiger partial charge >= 0.3 is 0 Å². The number of rotatable bonds is 5. The summed E-state index contributed by atoms with van der Waals surface area (Å²) >= 11 is 0. The Morgan fingerprint density at radius 2 is 2.08 bits per heavy atom. The average Bonchev–Trinajstić information content (AvgIpc) is 3.17. The average molecular weight is 351 g/mol. The molecule has 1 amide bonds. The van der Waals surface area contributed by atoms with E-state index in [0.29, 0.717) is 12.5 Å². The third-order valence-corrected chi connectivity index (χ3v) is 4.87. The van der Waals surface area contributed by atoms with Crippen molar-refractivity contribution in [2.24, 2.45) is 0 Å². The number of halogens is 1. The van der Waals surface area contributed by atoms with E-state index in [1.54, 1.807) is 6.26 Å². The lowest BCUT2D eigenvalue weighted by Crippen LogP contribution is -2.42. The summed E-state index contributed by atoms with van der Waals surface area (Å²) in [6.07, 6.45) is 4.22. The normalized spacial score (nSPS) is 17.0. The molecule has 1 aromatic heterocycles. The number of carbonyl (C=O) groups excluding carboxylic acids is 1. The molecule has 1 aliphatic rings. The summed E-state index contributed by atoms with van der Waals surface area (Å²) in [6, 6.07) is 4.53. The van der Waals surface area contributed by atoms with Gasteiger partial charge in [-0.05, 0) is 56.5 Å². The van der Waals surface area contributed by atoms with Gasteiger partial charge in [-0.25, -0.2) is 0 Å². The molecule has 0 saturated carbocycles. The van der Waals surface area contributed by atoms with Gasteiger partial charge in [-0.1, -0.05) is 6.92 Å². The van der Waals surface area contributed by atoms with Crippen molar-refractivity contribution in [3.05, 3.63) is 35.1 Å². The topological polar surface area (TPSA) is 45.5 Å². The van der Waals surface area contributed by atoms with Crippen LogP contribution < -0.4 is 5.32 Å². The van der Waals surface area contributed by atoms with E-state index >= 15 is 0 Å². The molecule has 0 bridgehead atoms. The predicted octanol–water partition coefficient (Wildman–Crippen LogP) is 3.61. The number of nitrogens with one attached hydrogen (secondary N) is 1. The lowest BCUT2D eigenvalue weighted by molar-refractivity contribution is -0.132. The van der Waals surface area contributed by atoms with Crippen molar-refractivity contribution in [2.45, 2.75) is 46.1 Å². The molecule has 1 atom stereocenters. The van der Waals surface area contributed by atoms with Gasteiger partial charge in [-0.15, -0.1) is 12.4 Å². The Kier molecular flexibility index (Phi) is 6.30. The Hall–Kier alpha value is -1.52. The molecule has 132 valence electrons. The Morgan fingerprint density at radius 3 is 2.75 bits per heavy atom. The molecule has 1 N–H and O–H groups in total. The van der Waals surface area contributed by atoms with Crippen LogP contribution in [-0.4, -0.2) is 36.5 Å². The number of nitrogens with zero attached hydrogens (tertiary/aromatic N) is 1. The molecule has 1 saturated heterocycles. The van der Waals surface area contributed by atoms with Crippen LogP contribution in [0, 0.1) is 13.8 Å². The minimum absolute atomic E-state index is 0. The van der Waals surface area contributed by atoms with Gasteiger partial charge in [0.15, 0.2) is 0 Å². The maximum atomic E-state index is 12.8. The maximum absolute atomic E-state index is 12.8. The van der Waals surface area contributed by atoms with E-state index in [9.17, 15) is 4.79 Å². The van der Waals surface area contributed by atoms with E-state index in [4.69, 9.17) is 4.42 Å². The number of carbonyl (C=O) groups is 1. The van der Waals surface area contributed by atoms with Crippen LogP contribution in [0.2, 0.25) is 0 Å². The smallest absolute Gasteiger partial charge is 0.227 e. The maximum Gasteiger partial charge on any atom is 0.227 e. The molecule has 0 aliphatic carbocycles. The summed E-state index contributed by atoms with van der Waals surface area (Å²) in [5, 5.41) is 4.43. The molecule has 1 fully saturated rings. The fourth-order valence-electron chi connectivity index (χ4n) is 3.39. The third kappa shape index (κ3) is 3.76. The SMILES string of the molecule is CCCN(C(=O)Cc1coc2cc(C)c(C)cc12)C1CCNC1.Cl. The number of amides is 1. The van der Waals surface area contributed by atoms with Crippen LogP contribution in [0.25, 0.3) is 11.0 Å². The van der Waals surface area contributed by atoms with Gasteiger partial charge in [0.1, 0.15) is 5.58 Å². The van der Waals surface area contributed by atoms with Crippen molar-refractivity contribution in [3.63, 3.8) is 0 Å². The number of hydrogen-bond donors (Lipinski definition) is 1. The van der Waals surface area contributed by atoms with Crippen molar-refractivity contribution >= 4 is 29.3 Å². The lowest BCUT2D eigenvalue weighted by atomic mass is 10.0. The highest BCUT2D eigenvalue weighted by atomic mass is 35.5. The number of aryl methyl sites for hydroxylation is 2. The zero-order chi connectivity index (χ0) is 16.4. The summed E-state index contributed by atoms with van der Waals surface area (Å²) in [4.78, 5) is 14.9. The molecule has 1 aliphatic heterocycles. The van der Waals surface area contributed by atoms with Gasteiger partial charge in [0.05, 0.1) is 12.7 Å². The largest absolute Gasteiger partial charge is 0.464 e. The highest BCUT2D eigenvalue weighted by molar-refractivity contribution is 5.88. The molecule has 5 heteroatoms. The molecule has 1 aromatic carbocycles. The van der Waals surface area contributed by atoms with Gasteiger partial charge in [0.2, 0.25) is 5.91 Å². The van der Waals surface area contributed by atoms with Crippen molar-refractivity contribution in [2.75, 3.05) is 19.6 Å². The molecule has 0 spiro atoms. The number of benzene rings is 1. The minimum Gasteiger partial charge on any atom is -0.464 e. The molecule has 24 heavy (non-hydrogen) atoms. The van der Waals surface area contributed by atoms with Gasteiger partial charge in [0.25, 0.3) is 0 Å². The molecule has 1 unspecified atom stereocenters. The van der Waals surface area contributed by atoms with Crippen LogP contribution >= 0.6 is 12.4 Å². The van der Waals surface area contributed by atoms with Crippen LogP contribution in [0.15, 0.2) is 22.8 Å². The number of fused-ring (bicyclic) bond motifs is 1. The molecule has 2 heterocycles. The first-order valence-electron chi connectivity index (χ1n) is 8.57. The van der Waals surface area contributed by atoms with Gasteiger partial charge in [0, 0.05) is 30.1 Å². The van der Waals surface area contributed by atoms with E-state index in [1.807, 2.05) is 0 Å². The van der Waals surface area contributed by atoms with Crippen LogP contribution in [0.4, 0.5) is 0 Å². The summed E-state index contributed by atoms with van der Waals surface area (Å²) in [7, 11) is 0. The van der Waals surface area contributed by atoms with Crippen molar-refractivity contribution < 1.29 is 9.21 Å². The van der Waals surface area contributed by atoms with Crippen LogP contribution in [0.5, 0.6) is 0 Å². The zero-order valence-electron chi connectivity index (χ0n) is 14.7. The van der Waals surface area contributed by atoms with E-state index in [-0.39, 0.29) is 18.3 Å². The molecule has 0 radical (unpaired) electrons. The second-order valence-corrected chi connectivity index (χ2v) is 6.60. The summed E-state index contributed by atoms with van der Waals surface area (Å²) < 4.78 is 5.67. The Bertz CT molecular complexity index is 705. The first-order chi connectivity index (χ1) is 11.1. The summed E-state index contributed by atoms with van der Waals surface area (Å²) in [5.41, 5.74) is 4.33. The van der Waals surface area contributed by atoms with E-state index in [0.717, 1.165) is 49.0 Å². The van der Waals surface area contributed by atoms with E-state index in [1.165, 1.54) is 11.1 Å². The fraction of sp³-hybridized carbons (Fsp3) is 0.526. The van der Waals surface area contributed by atoms with E-state index < -0.39 is 0 Å². The van der Waals surface area contributed by atoms with Crippen molar-refractivity contribution in [1.29, 1.82) is 0 Å². The first-order valence-corrected chi connectivity index (χ1v) is 8.57. The monoisotopic (exact) mass is 350 g/mol. The second kappa shape index (κ2) is 8.04. The highest BCUT2D eigenvalue weighted by Crippen LogP contribution is 2.26. The second-order valence-electron chi connectivity index (χ2n) is 6.60. The Morgan fingerprint density at radius 1 is 1.33 bits per heavy atom. The van der Waals surface area contributed by atoms with Crippen LogP contribution in [0.3, 0.4) is 0 Å².